The zero-order chi connectivity index (χ0) is 22.9. The zero-order valence-corrected chi connectivity index (χ0v) is 18.0. The van der Waals surface area contributed by atoms with Gasteiger partial charge in [-0.3, -0.25) is 19.0 Å². The number of benzene rings is 3. The van der Waals surface area contributed by atoms with Gasteiger partial charge in [0.1, 0.15) is 12.4 Å². The van der Waals surface area contributed by atoms with Gasteiger partial charge >= 0.3 is 0 Å². The number of fused-ring (bicyclic) bond motifs is 2. The molecule has 0 fully saturated rings. The van der Waals surface area contributed by atoms with Gasteiger partial charge in [0.05, 0.1) is 33.7 Å². The van der Waals surface area contributed by atoms with E-state index in [-0.39, 0.29) is 35.0 Å². The van der Waals surface area contributed by atoms with Crippen LogP contribution in [-0.4, -0.2) is 33.7 Å². The molecule has 2 heterocycles. The van der Waals surface area contributed by atoms with Crippen molar-refractivity contribution in [2.45, 2.75) is 5.16 Å². The number of nitrogens with zero attached hydrogens (tertiary/aromatic N) is 3. The molecule has 1 aliphatic rings. The van der Waals surface area contributed by atoms with Crippen molar-refractivity contribution in [3.05, 3.63) is 89.0 Å². The molecule has 1 aromatic heterocycles. The van der Waals surface area contributed by atoms with Crippen molar-refractivity contribution in [1.29, 1.82) is 0 Å². The lowest BCUT2D eigenvalue weighted by molar-refractivity contribution is -0.120. The minimum atomic E-state index is -0.577. The van der Waals surface area contributed by atoms with Crippen molar-refractivity contribution in [3.8, 4) is 5.69 Å². The predicted octanol–water partition coefficient (Wildman–Crippen LogP) is 3.60. The topological polar surface area (TPSA) is 84.3 Å². The summed E-state index contributed by atoms with van der Waals surface area (Å²) in [4.78, 5) is 44.3. The molecule has 0 spiro atoms. The number of thioether (sulfide) groups is 1. The van der Waals surface area contributed by atoms with Gasteiger partial charge in [0, 0.05) is 0 Å². The fourth-order valence-electron chi connectivity index (χ4n) is 3.71. The number of hydrogen-bond donors (Lipinski definition) is 1. The molecule has 9 heteroatoms. The van der Waals surface area contributed by atoms with Gasteiger partial charge in [0.15, 0.2) is 5.16 Å². The van der Waals surface area contributed by atoms with E-state index in [2.05, 4.69) is 10.3 Å². The van der Waals surface area contributed by atoms with Crippen molar-refractivity contribution in [2.75, 3.05) is 22.5 Å². The molecule has 1 N–H and O–H groups in total. The fraction of sp³-hybridized carbons (Fsp3) is 0.0833. The minimum Gasteiger partial charge on any atom is -0.323 e. The molecule has 1 aliphatic heterocycles. The van der Waals surface area contributed by atoms with E-state index in [9.17, 15) is 18.8 Å². The van der Waals surface area contributed by atoms with E-state index >= 15 is 0 Å². The Morgan fingerprint density at radius 2 is 1.67 bits per heavy atom. The Labute approximate surface area is 191 Å². The van der Waals surface area contributed by atoms with E-state index in [0.29, 0.717) is 22.3 Å². The maximum atomic E-state index is 14.6. The summed E-state index contributed by atoms with van der Waals surface area (Å²) in [6, 6.07) is 19.7. The van der Waals surface area contributed by atoms with E-state index in [0.717, 1.165) is 11.8 Å². The third-order valence-corrected chi connectivity index (χ3v) is 6.16. The molecule has 2 amide bonds. The van der Waals surface area contributed by atoms with Crippen LogP contribution in [0.4, 0.5) is 15.8 Å². The third kappa shape index (κ3) is 3.87. The fourth-order valence-corrected chi connectivity index (χ4v) is 4.60. The molecule has 0 unspecified atom stereocenters. The second-order valence-corrected chi connectivity index (χ2v) is 8.28. The monoisotopic (exact) mass is 460 g/mol. The van der Waals surface area contributed by atoms with Gasteiger partial charge in [-0.2, -0.15) is 0 Å². The van der Waals surface area contributed by atoms with Crippen LogP contribution >= 0.6 is 11.8 Å². The summed E-state index contributed by atoms with van der Waals surface area (Å²) in [7, 11) is 0. The Bertz CT molecular complexity index is 1470. The van der Waals surface area contributed by atoms with Crippen LogP contribution in [0.2, 0.25) is 0 Å². The lowest BCUT2D eigenvalue weighted by atomic mass is 10.2. The third-order valence-electron chi connectivity index (χ3n) is 5.23. The van der Waals surface area contributed by atoms with Crippen LogP contribution in [0.25, 0.3) is 16.6 Å². The number of halogens is 1. The Morgan fingerprint density at radius 3 is 2.48 bits per heavy atom. The van der Waals surface area contributed by atoms with Crippen molar-refractivity contribution < 1.29 is 14.0 Å². The van der Waals surface area contributed by atoms with E-state index in [1.807, 2.05) is 0 Å². The first-order valence-corrected chi connectivity index (χ1v) is 11.1. The van der Waals surface area contributed by atoms with Crippen LogP contribution in [0, 0.1) is 5.82 Å². The number of aromatic nitrogens is 2. The quantitative estimate of drug-likeness (QED) is 0.372. The highest BCUT2D eigenvalue weighted by Crippen LogP contribution is 2.30. The van der Waals surface area contributed by atoms with Crippen molar-refractivity contribution in [1.82, 2.24) is 9.55 Å². The molecule has 3 aromatic carbocycles. The van der Waals surface area contributed by atoms with Crippen LogP contribution in [0.1, 0.15) is 0 Å². The molecular weight excluding hydrogens is 443 g/mol. The Balaban J connectivity index is 1.53. The van der Waals surface area contributed by atoms with Gasteiger partial charge in [0.25, 0.3) is 5.56 Å². The molecule has 164 valence electrons. The van der Waals surface area contributed by atoms with E-state index < -0.39 is 11.4 Å². The van der Waals surface area contributed by atoms with Gasteiger partial charge in [-0.05, 0) is 36.4 Å². The predicted molar refractivity (Wildman–Crippen MR) is 125 cm³/mol. The van der Waals surface area contributed by atoms with Gasteiger partial charge in [-0.15, -0.1) is 0 Å². The standard InChI is InChI=1S/C24H17FN4O3S/c25-16-8-2-5-11-19(16)29-23(32)15-7-1-3-9-17(15)27-24(29)33-14-22(31)28-13-21(30)26-18-10-4-6-12-20(18)28/h1-12H,13-14H2,(H,26,30). The number of carbonyl (C=O) groups is 2. The average Bonchev–Trinajstić information content (AvgIpc) is 2.83. The highest BCUT2D eigenvalue weighted by Gasteiger charge is 2.27. The Morgan fingerprint density at radius 1 is 0.970 bits per heavy atom. The van der Waals surface area contributed by atoms with Crippen LogP contribution in [0.5, 0.6) is 0 Å². The second kappa shape index (κ2) is 8.51. The molecule has 0 bridgehead atoms. The highest BCUT2D eigenvalue weighted by molar-refractivity contribution is 7.99. The Hall–Kier alpha value is -3.98. The van der Waals surface area contributed by atoms with Crippen LogP contribution in [-0.2, 0) is 9.59 Å². The van der Waals surface area contributed by atoms with E-state index in [1.165, 1.54) is 27.7 Å². The molecule has 0 aliphatic carbocycles. The first-order valence-electron chi connectivity index (χ1n) is 10.1. The largest absolute Gasteiger partial charge is 0.323 e. The molecule has 5 rings (SSSR count). The number of nitrogens with one attached hydrogen (secondary N) is 1. The van der Waals surface area contributed by atoms with Crippen molar-refractivity contribution >= 4 is 45.9 Å². The first kappa shape index (κ1) is 20.9. The molecule has 0 atom stereocenters. The van der Waals surface area contributed by atoms with Gasteiger partial charge in [-0.1, -0.05) is 48.2 Å². The van der Waals surface area contributed by atoms with Crippen molar-refractivity contribution in [2.24, 2.45) is 0 Å². The second-order valence-electron chi connectivity index (χ2n) is 7.34. The van der Waals surface area contributed by atoms with Crippen LogP contribution in [0.3, 0.4) is 0 Å². The zero-order valence-electron chi connectivity index (χ0n) is 17.2. The van der Waals surface area contributed by atoms with Crippen LogP contribution < -0.4 is 15.8 Å². The number of para-hydroxylation sites is 4. The summed E-state index contributed by atoms with van der Waals surface area (Å²) in [6.45, 7) is -0.109. The summed E-state index contributed by atoms with van der Waals surface area (Å²) in [6.07, 6.45) is 0. The number of anilines is 2. The van der Waals surface area contributed by atoms with E-state index in [1.54, 1.807) is 54.6 Å². The lowest BCUT2D eigenvalue weighted by Crippen LogP contribution is -2.43. The molecule has 33 heavy (non-hydrogen) atoms. The van der Waals surface area contributed by atoms with Gasteiger partial charge in [0.2, 0.25) is 11.8 Å². The number of carbonyl (C=O) groups excluding carboxylic acids is 2. The smallest absolute Gasteiger partial charge is 0.266 e. The minimum absolute atomic E-state index is 0.0541. The molecular formula is C24H17FN4O3S. The SMILES string of the molecule is O=C1CN(C(=O)CSc2nc3ccccc3c(=O)n2-c2ccccc2F)c2ccccc2N1. The first-order chi connectivity index (χ1) is 16.0. The summed E-state index contributed by atoms with van der Waals surface area (Å²) in [5, 5.41) is 3.28. The molecule has 0 saturated carbocycles. The lowest BCUT2D eigenvalue weighted by Gasteiger charge is -2.29. The molecule has 7 nitrogen and oxygen atoms in total. The highest BCUT2D eigenvalue weighted by atomic mass is 32.2. The Kier molecular flexibility index (Phi) is 5.39. The van der Waals surface area contributed by atoms with Crippen LogP contribution in [0.15, 0.2) is 82.7 Å². The molecule has 4 aromatic rings. The summed E-state index contributed by atoms with van der Waals surface area (Å²) in [5.41, 5.74) is 1.23. The maximum absolute atomic E-state index is 14.6. The number of rotatable bonds is 4. The molecule has 0 radical (unpaired) electrons. The van der Waals surface area contributed by atoms with E-state index in [4.69, 9.17) is 0 Å². The van der Waals surface area contributed by atoms with Gasteiger partial charge < -0.3 is 10.2 Å². The van der Waals surface area contributed by atoms with Crippen molar-refractivity contribution in [3.63, 3.8) is 0 Å². The summed E-state index contributed by atoms with van der Waals surface area (Å²) >= 11 is 1.02. The average molecular weight is 460 g/mol. The summed E-state index contributed by atoms with van der Waals surface area (Å²) < 4.78 is 15.8. The normalized spacial score (nSPS) is 13.0. The number of hydrogen-bond acceptors (Lipinski definition) is 5. The van der Waals surface area contributed by atoms with Gasteiger partial charge in [-0.25, -0.2) is 9.37 Å². The number of amides is 2. The maximum Gasteiger partial charge on any atom is 0.266 e. The summed E-state index contributed by atoms with van der Waals surface area (Å²) in [5.74, 6) is -1.30. The molecule has 0 saturated heterocycles.